The average molecular weight is 384 g/mol. The third-order valence-corrected chi connectivity index (χ3v) is 5.06. The molecule has 2 rings (SSSR count). The minimum absolute atomic E-state index is 0.0245. The van der Waals surface area contributed by atoms with Crippen molar-refractivity contribution in [3.63, 3.8) is 0 Å². The molecule has 6 heteroatoms. The molecule has 0 heterocycles. The Bertz CT molecular complexity index is 709. The van der Waals surface area contributed by atoms with E-state index >= 15 is 0 Å². The zero-order chi connectivity index (χ0) is 17.5. The molecule has 0 aliphatic carbocycles. The number of rotatable bonds is 7. The van der Waals surface area contributed by atoms with Gasteiger partial charge in [-0.1, -0.05) is 47.5 Å². The number of para-hydroxylation sites is 1. The first kappa shape index (κ1) is 19.0. The van der Waals surface area contributed by atoms with Gasteiger partial charge < -0.3 is 10.1 Å². The molecule has 0 aromatic heterocycles. The maximum Gasteiger partial charge on any atom is 0.230 e. The molecule has 0 fully saturated rings. The summed E-state index contributed by atoms with van der Waals surface area (Å²) in [5.74, 6) is 1.76. The van der Waals surface area contributed by atoms with Crippen LogP contribution in [-0.4, -0.2) is 18.8 Å². The number of nitrogens with one attached hydrogen (secondary N) is 1. The van der Waals surface area contributed by atoms with Crippen LogP contribution in [0.5, 0.6) is 5.75 Å². The number of benzene rings is 2. The number of hydrogen-bond acceptors (Lipinski definition) is 3. The van der Waals surface area contributed by atoms with Crippen molar-refractivity contribution in [3.05, 3.63) is 63.6 Å². The van der Waals surface area contributed by atoms with Crippen molar-refractivity contribution < 1.29 is 9.53 Å². The normalized spacial score (nSPS) is 11.8. The Labute approximate surface area is 156 Å². The fraction of sp³-hybridized carbons (Fsp3) is 0.278. The van der Waals surface area contributed by atoms with Crippen molar-refractivity contribution in [2.75, 3.05) is 12.9 Å². The van der Waals surface area contributed by atoms with E-state index < -0.39 is 0 Å². The number of amides is 1. The molecule has 2 aromatic carbocycles. The van der Waals surface area contributed by atoms with Crippen molar-refractivity contribution in [3.8, 4) is 5.75 Å². The van der Waals surface area contributed by atoms with Crippen molar-refractivity contribution in [1.82, 2.24) is 5.32 Å². The van der Waals surface area contributed by atoms with Crippen molar-refractivity contribution >= 4 is 40.9 Å². The fourth-order valence-electron chi connectivity index (χ4n) is 2.28. The van der Waals surface area contributed by atoms with Gasteiger partial charge in [0.15, 0.2) is 0 Å². The summed E-state index contributed by atoms with van der Waals surface area (Å²) in [6.45, 7) is 1.94. The van der Waals surface area contributed by atoms with E-state index in [1.54, 1.807) is 19.2 Å². The SMILES string of the molecule is COc1ccccc1[C@H](C)NC(=O)CSCc1ccc(Cl)cc1Cl. The van der Waals surface area contributed by atoms with Crippen LogP contribution in [0, 0.1) is 0 Å². The predicted molar refractivity (Wildman–Crippen MR) is 102 cm³/mol. The number of carbonyl (C=O) groups is 1. The smallest absolute Gasteiger partial charge is 0.230 e. The third-order valence-electron chi connectivity index (χ3n) is 3.49. The Balaban J connectivity index is 1.84. The summed E-state index contributed by atoms with van der Waals surface area (Å²) < 4.78 is 5.33. The monoisotopic (exact) mass is 383 g/mol. The van der Waals surface area contributed by atoms with E-state index in [2.05, 4.69) is 5.32 Å². The van der Waals surface area contributed by atoms with E-state index in [0.717, 1.165) is 16.9 Å². The summed E-state index contributed by atoms with van der Waals surface area (Å²) in [5, 5.41) is 4.22. The lowest BCUT2D eigenvalue weighted by atomic mass is 10.1. The van der Waals surface area contributed by atoms with E-state index in [0.29, 0.717) is 21.6 Å². The Morgan fingerprint density at radius 2 is 2.00 bits per heavy atom. The van der Waals surface area contributed by atoms with Crippen molar-refractivity contribution in [1.29, 1.82) is 0 Å². The fourth-order valence-corrected chi connectivity index (χ4v) is 3.67. The van der Waals surface area contributed by atoms with Gasteiger partial charge in [0, 0.05) is 21.4 Å². The van der Waals surface area contributed by atoms with E-state index in [-0.39, 0.29) is 11.9 Å². The molecule has 1 amide bonds. The van der Waals surface area contributed by atoms with Crippen LogP contribution in [0.15, 0.2) is 42.5 Å². The lowest BCUT2D eigenvalue weighted by Gasteiger charge is -2.17. The number of hydrogen-bond donors (Lipinski definition) is 1. The van der Waals surface area contributed by atoms with Crippen LogP contribution < -0.4 is 10.1 Å². The highest BCUT2D eigenvalue weighted by molar-refractivity contribution is 7.99. The molecule has 2 aromatic rings. The molecule has 0 spiro atoms. The largest absolute Gasteiger partial charge is 0.496 e. The molecule has 0 radical (unpaired) electrons. The molecule has 0 bridgehead atoms. The van der Waals surface area contributed by atoms with Gasteiger partial charge in [-0.25, -0.2) is 0 Å². The lowest BCUT2D eigenvalue weighted by Crippen LogP contribution is -2.28. The van der Waals surface area contributed by atoms with E-state index in [4.69, 9.17) is 27.9 Å². The first-order valence-corrected chi connectivity index (χ1v) is 9.36. The van der Waals surface area contributed by atoms with Gasteiger partial charge in [-0.05, 0) is 30.7 Å². The molecule has 0 aliphatic rings. The Hall–Kier alpha value is -1.36. The van der Waals surface area contributed by atoms with Gasteiger partial charge in [0.05, 0.1) is 18.9 Å². The zero-order valence-corrected chi connectivity index (χ0v) is 15.8. The van der Waals surface area contributed by atoms with Crippen LogP contribution >= 0.6 is 35.0 Å². The maximum absolute atomic E-state index is 12.1. The first-order valence-electron chi connectivity index (χ1n) is 7.45. The molecule has 3 nitrogen and oxygen atoms in total. The summed E-state index contributed by atoms with van der Waals surface area (Å²) in [4.78, 5) is 12.1. The Morgan fingerprint density at radius 1 is 1.25 bits per heavy atom. The summed E-state index contributed by atoms with van der Waals surface area (Å²) in [6, 6.07) is 12.9. The molecular formula is C18H19Cl2NO2S. The standard InChI is InChI=1S/C18H19Cl2NO2S/c1-12(15-5-3-4-6-17(15)23-2)21-18(22)11-24-10-13-7-8-14(19)9-16(13)20/h3-9,12H,10-11H2,1-2H3,(H,21,22)/t12-/m0/s1. The van der Waals surface area contributed by atoms with Crippen LogP contribution in [0.2, 0.25) is 10.0 Å². The highest BCUT2D eigenvalue weighted by atomic mass is 35.5. The van der Waals surface area contributed by atoms with Gasteiger partial charge in [0.1, 0.15) is 5.75 Å². The van der Waals surface area contributed by atoms with Gasteiger partial charge in [0.25, 0.3) is 0 Å². The van der Waals surface area contributed by atoms with Gasteiger partial charge in [-0.3, -0.25) is 4.79 Å². The molecule has 0 saturated heterocycles. The second-order valence-corrected chi connectivity index (χ2v) is 7.09. The Morgan fingerprint density at radius 3 is 2.71 bits per heavy atom. The van der Waals surface area contributed by atoms with Gasteiger partial charge >= 0.3 is 0 Å². The number of methoxy groups -OCH3 is 1. The topological polar surface area (TPSA) is 38.3 Å². The van der Waals surface area contributed by atoms with Gasteiger partial charge in [-0.15, -0.1) is 11.8 Å². The van der Waals surface area contributed by atoms with Crippen molar-refractivity contribution in [2.24, 2.45) is 0 Å². The Kier molecular flexibility index (Phi) is 7.28. The van der Waals surface area contributed by atoms with Crippen LogP contribution in [0.1, 0.15) is 24.1 Å². The third kappa shape index (κ3) is 5.33. The van der Waals surface area contributed by atoms with E-state index in [9.17, 15) is 4.79 Å². The second kappa shape index (κ2) is 9.21. The second-order valence-electron chi connectivity index (χ2n) is 5.26. The van der Waals surface area contributed by atoms with Crippen LogP contribution in [0.3, 0.4) is 0 Å². The zero-order valence-electron chi connectivity index (χ0n) is 13.5. The van der Waals surface area contributed by atoms with E-state index in [1.807, 2.05) is 37.3 Å². The molecule has 1 N–H and O–H groups in total. The summed E-state index contributed by atoms with van der Waals surface area (Å²) in [6.07, 6.45) is 0. The van der Waals surface area contributed by atoms with Gasteiger partial charge in [-0.2, -0.15) is 0 Å². The summed E-state index contributed by atoms with van der Waals surface area (Å²) >= 11 is 13.5. The number of thioether (sulfide) groups is 1. The number of ether oxygens (including phenoxy) is 1. The lowest BCUT2D eigenvalue weighted by molar-refractivity contribution is -0.119. The molecule has 1 atom stereocenters. The molecule has 0 unspecified atom stereocenters. The first-order chi connectivity index (χ1) is 11.5. The quantitative estimate of drug-likeness (QED) is 0.721. The highest BCUT2D eigenvalue weighted by Gasteiger charge is 2.13. The van der Waals surface area contributed by atoms with Crippen LogP contribution in [-0.2, 0) is 10.5 Å². The number of halogens is 2. The predicted octanol–water partition coefficient (Wildman–Crippen LogP) is 5.11. The van der Waals surface area contributed by atoms with E-state index in [1.165, 1.54) is 11.8 Å². The van der Waals surface area contributed by atoms with Crippen LogP contribution in [0.4, 0.5) is 0 Å². The molecule has 24 heavy (non-hydrogen) atoms. The molecule has 0 aliphatic heterocycles. The summed E-state index contributed by atoms with van der Waals surface area (Å²) in [7, 11) is 1.62. The molecular weight excluding hydrogens is 365 g/mol. The van der Waals surface area contributed by atoms with Crippen molar-refractivity contribution in [2.45, 2.75) is 18.7 Å². The maximum atomic E-state index is 12.1. The number of carbonyl (C=O) groups excluding carboxylic acids is 1. The summed E-state index contributed by atoms with van der Waals surface area (Å²) in [5.41, 5.74) is 1.93. The minimum atomic E-state index is -0.117. The van der Waals surface area contributed by atoms with Crippen LogP contribution in [0.25, 0.3) is 0 Å². The molecule has 128 valence electrons. The van der Waals surface area contributed by atoms with Gasteiger partial charge in [0.2, 0.25) is 5.91 Å². The average Bonchev–Trinajstić information content (AvgIpc) is 2.56. The minimum Gasteiger partial charge on any atom is -0.496 e. The molecule has 0 saturated carbocycles. The highest BCUT2D eigenvalue weighted by Crippen LogP contribution is 2.26.